The van der Waals surface area contributed by atoms with Crippen LogP contribution in [-0.2, 0) is 11.2 Å². The number of hydrogen-bond donors (Lipinski definition) is 1. The van der Waals surface area contributed by atoms with Gasteiger partial charge in [-0.05, 0) is 42.0 Å². The van der Waals surface area contributed by atoms with Gasteiger partial charge in [-0.3, -0.25) is 4.79 Å². The molecule has 5 nitrogen and oxygen atoms in total. The number of carbonyl (C=O) groups excluding carboxylic acids is 1. The largest absolute Gasteiger partial charge is 0.480 e. The lowest BCUT2D eigenvalue weighted by Gasteiger charge is -2.11. The first-order valence-electron chi connectivity index (χ1n) is 8.12. The molecule has 26 heavy (non-hydrogen) atoms. The van der Waals surface area contributed by atoms with Crippen molar-refractivity contribution >= 4 is 23.2 Å². The van der Waals surface area contributed by atoms with E-state index in [0.29, 0.717) is 28.8 Å². The number of benzene rings is 2. The summed E-state index contributed by atoms with van der Waals surface area (Å²) in [4.78, 5) is 16.6. The molecule has 1 unspecified atom stereocenters. The molecule has 1 atom stereocenters. The maximum atomic E-state index is 12.4. The molecule has 1 N–H and O–H groups in total. The molecule has 1 amide bonds. The van der Waals surface area contributed by atoms with Gasteiger partial charge in [0.1, 0.15) is 11.5 Å². The number of fused-ring (bicyclic) bond motifs is 1. The van der Waals surface area contributed by atoms with Crippen molar-refractivity contribution < 1.29 is 14.3 Å². The third kappa shape index (κ3) is 3.63. The molecule has 2 heterocycles. The highest BCUT2D eigenvalue weighted by Gasteiger charge is 2.28. The van der Waals surface area contributed by atoms with E-state index in [1.165, 1.54) is 0 Å². The van der Waals surface area contributed by atoms with E-state index in [4.69, 9.17) is 21.1 Å². The summed E-state index contributed by atoms with van der Waals surface area (Å²) in [6, 6.07) is 18.1. The van der Waals surface area contributed by atoms with E-state index in [2.05, 4.69) is 10.3 Å². The summed E-state index contributed by atoms with van der Waals surface area (Å²) in [5.41, 5.74) is 1.62. The Bertz CT molecular complexity index is 902. The van der Waals surface area contributed by atoms with E-state index in [1.807, 2.05) is 24.3 Å². The first kappa shape index (κ1) is 16.4. The van der Waals surface area contributed by atoms with Crippen molar-refractivity contribution in [3.8, 4) is 17.4 Å². The van der Waals surface area contributed by atoms with Crippen LogP contribution in [0.4, 0.5) is 5.69 Å². The average Bonchev–Trinajstić information content (AvgIpc) is 3.10. The number of ether oxygens (including phenoxy) is 2. The number of aromatic nitrogens is 1. The topological polar surface area (TPSA) is 60.5 Å². The van der Waals surface area contributed by atoms with Crippen LogP contribution in [0.5, 0.6) is 17.4 Å². The molecule has 6 heteroatoms. The Morgan fingerprint density at radius 1 is 1.12 bits per heavy atom. The predicted molar refractivity (Wildman–Crippen MR) is 99.0 cm³/mol. The molecule has 130 valence electrons. The summed E-state index contributed by atoms with van der Waals surface area (Å²) < 4.78 is 11.3. The number of rotatable bonds is 4. The molecule has 4 rings (SSSR count). The normalized spacial score (nSPS) is 15.0. The van der Waals surface area contributed by atoms with Crippen LogP contribution in [0.2, 0.25) is 5.02 Å². The molecule has 1 aliphatic rings. The minimum Gasteiger partial charge on any atom is -0.480 e. The van der Waals surface area contributed by atoms with Crippen LogP contribution < -0.4 is 14.8 Å². The van der Waals surface area contributed by atoms with Gasteiger partial charge in [-0.1, -0.05) is 29.8 Å². The number of amides is 1. The Hall–Kier alpha value is -3.05. The molecule has 0 saturated heterocycles. The zero-order valence-corrected chi connectivity index (χ0v) is 14.4. The van der Waals surface area contributed by atoms with E-state index >= 15 is 0 Å². The van der Waals surface area contributed by atoms with Crippen LogP contribution in [0.3, 0.4) is 0 Å². The summed E-state index contributed by atoms with van der Waals surface area (Å²) in [6.45, 7) is 0. The van der Waals surface area contributed by atoms with Crippen LogP contribution in [0.1, 0.15) is 5.56 Å². The summed E-state index contributed by atoms with van der Waals surface area (Å²) >= 11 is 5.85. The van der Waals surface area contributed by atoms with E-state index in [0.717, 1.165) is 11.3 Å². The molecular formula is C20H15ClN2O3. The maximum Gasteiger partial charge on any atom is 0.265 e. The summed E-state index contributed by atoms with van der Waals surface area (Å²) in [5, 5.41) is 3.46. The number of anilines is 1. The molecular weight excluding hydrogens is 352 g/mol. The Kier molecular flexibility index (Phi) is 4.46. The van der Waals surface area contributed by atoms with Crippen molar-refractivity contribution in [1.82, 2.24) is 4.98 Å². The lowest BCUT2D eigenvalue weighted by atomic mass is 10.1. The molecule has 0 radical (unpaired) electrons. The summed E-state index contributed by atoms with van der Waals surface area (Å²) in [6.07, 6.45) is 1.58. The summed E-state index contributed by atoms with van der Waals surface area (Å²) in [7, 11) is 0. The third-order valence-electron chi connectivity index (χ3n) is 3.98. The lowest BCUT2D eigenvalue weighted by molar-refractivity contribution is -0.122. The Morgan fingerprint density at radius 3 is 2.65 bits per heavy atom. The van der Waals surface area contributed by atoms with Crippen LogP contribution in [0, 0.1) is 0 Å². The van der Waals surface area contributed by atoms with E-state index in [-0.39, 0.29) is 5.91 Å². The van der Waals surface area contributed by atoms with Gasteiger partial charge in [-0.15, -0.1) is 0 Å². The molecule has 3 aromatic rings. The molecule has 0 aliphatic carbocycles. The van der Waals surface area contributed by atoms with Crippen molar-refractivity contribution in [3.05, 3.63) is 77.4 Å². The highest BCUT2D eigenvalue weighted by atomic mass is 35.5. The fourth-order valence-electron chi connectivity index (χ4n) is 2.69. The Balaban J connectivity index is 1.37. The maximum absolute atomic E-state index is 12.4. The number of nitrogens with one attached hydrogen (secondary N) is 1. The smallest absolute Gasteiger partial charge is 0.265 e. The number of carbonyl (C=O) groups is 1. The van der Waals surface area contributed by atoms with Gasteiger partial charge >= 0.3 is 0 Å². The quantitative estimate of drug-likeness (QED) is 0.740. The van der Waals surface area contributed by atoms with Crippen molar-refractivity contribution in [3.63, 3.8) is 0 Å². The van der Waals surface area contributed by atoms with Gasteiger partial charge in [0, 0.05) is 17.5 Å². The van der Waals surface area contributed by atoms with Crippen molar-refractivity contribution in [2.75, 3.05) is 5.32 Å². The highest BCUT2D eigenvalue weighted by Crippen LogP contribution is 2.29. The first-order valence-corrected chi connectivity index (χ1v) is 8.50. The molecule has 0 fully saturated rings. The molecule has 2 aromatic carbocycles. The summed E-state index contributed by atoms with van der Waals surface area (Å²) in [5.74, 6) is 1.62. The van der Waals surface area contributed by atoms with Crippen molar-refractivity contribution in [2.45, 2.75) is 12.5 Å². The molecule has 1 aromatic heterocycles. The van der Waals surface area contributed by atoms with E-state index < -0.39 is 6.10 Å². The lowest BCUT2D eigenvalue weighted by Crippen LogP contribution is -2.31. The number of pyridine rings is 1. The van der Waals surface area contributed by atoms with Gasteiger partial charge < -0.3 is 14.8 Å². The van der Waals surface area contributed by atoms with Crippen molar-refractivity contribution in [1.29, 1.82) is 0 Å². The Morgan fingerprint density at radius 2 is 1.92 bits per heavy atom. The average molecular weight is 367 g/mol. The zero-order chi connectivity index (χ0) is 17.9. The predicted octanol–water partition coefficient (Wildman–Crippen LogP) is 4.47. The zero-order valence-electron chi connectivity index (χ0n) is 13.7. The van der Waals surface area contributed by atoms with E-state index in [1.54, 1.807) is 42.6 Å². The Labute approximate surface area is 155 Å². The van der Waals surface area contributed by atoms with Gasteiger partial charge in [0.2, 0.25) is 5.88 Å². The SMILES string of the molecule is O=C(Nc1ccc(Oc2ccc(Cl)cc2)nc1)C1Cc2ccccc2O1. The standard InChI is InChI=1S/C20H15ClN2O3/c21-14-5-8-16(9-6-14)25-19-10-7-15(12-22-19)23-20(24)18-11-13-3-1-2-4-17(13)26-18/h1-10,12,18H,11H2,(H,23,24). The van der Waals surface area contributed by atoms with Crippen molar-refractivity contribution in [2.24, 2.45) is 0 Å². The molecule has 0 bridgehead atoms. The molecule has 0 spiro atoms. The fraction of sp³-hybridized carbons (Fsp3) is 0.100. The number of para-hydroxylation sites is 1. The van der Waals surface area contributed by atoms with Gasteiger partial charge in [-0.25, -0.2) is 4.98 Å². The fourth-order valence-corrected chi connectivity index (χ4v) is 2.82. The first-order chi connectivity index (χ1) is 12.7. The number of hydrogen-bond acceptors (Lipinski definition) is 4. The van der Waals surface area contributed by atoms with Crippen LogP contribution in [0.15, 0.2) is 66.9 Å². The van der Waals surface area contributed by atoms with Crippen LogP contribution >= 0.6 is 11.6 Å². The minimum atomic E-state index is -0.530. The van der Waals surface area contributed by atoms with E-state index in [9.17, 15) is 4.79 Å². The van der Waals surface area contributed by atoms with Crippen LogP contribution in [0.25, 0.3) is 0 Å². The number of halogens is 1. The second-order valence-corrected chi connectivity index (χ2v) is 6.29. The van der Waals surface area contributed by atoms with Gasteiger partial charge in [-0.2, -0.15) is 0 Å². The second-order valence-electron chi connectivity index (χ2n) is 5.85. The van der Waals surface area contributed by atoms with Gasteiger partial charge in [0.15, 0.2) is 6.10 Å². The van der Waals surface area contributed by atoms with Gasteiger partial charge in [0.05, 0.1) is 11.9 Å². The monoisotopic (exact) mass is 366 g/mol. The van der Waals surface area contributed by atoms with Gasteiger partial charge in [0.25, 0.3) is 5.91 Å². The number of nitrogens with zero attached hydrogens (tertiary/aromatic N) is 1. The third-order valence-corrected chi connectivity index (χ3v) is 4.23. The minimum absolute atomic E-state index is 0.200. The van der Waals surface area contributed by atoms with Crippen LogP contribution in [-0.4, -0.2) is 17.0 Å². The second kappa shape index (κ2) is 7.06. The highest BCUT2D eigenvalue weighted by molar-refractivity contribution is 6.30. The molecule has 1 aliphatic heterocycles. The molecule has 0 saturated carbocycles.